The predicted molar refractivity (Wildman–Crippen MR) is 82.6 cm³/mol. The number of carbonyl (C=O) groups excluding carboxylic acids is 1. The quantitative estimate of drug-likeness (QED) is 0.666. The smallest absolute Gasteiger partial charge is 0.340 e. The molecular weight excluding hydrogens is 268 g/mol. The van der Waals surface area contributed by atoms with Crippen LogP contribution in [0.25, 0.3) is 0 Å². The van der Waals surface area contributed by atoms with Gasteiger partial charge in [0, 0.05) is 11.7 Å². The topological polar surface area (TPSA) is 64.8 Å². The molecule has 0 saturated carbocycles. The van der Waals surface area contributed by atoms with Crippen LogP contribution in [0.15, 0.2) is 18.2 Å². The molecule has 0 radical (unpaired) electrons. The Morgan fingerprint density at radius 1 is 1.43 bits per heavy atom. The van der Waals surface area contributed by atoms with Gasteiger partial charge in [0.25, 0.3) is 0 Å². The lowest BCUT2D eigenvalue weighted by molar-refractivity contribution is 0.0527. The van der Waals surface area contributed by atoms with Gasteiger partial charge in [-0.3, -0.25) is 0 Å². The van der Waals surface area contributed by atoms with Crippen molar-refractivity contribution in [1.29, 1.82) is 0 Å². The number of hydrogen-bond acceptors (Lipinski definition) is 5. The normalized spacial score (nSPS) is 19.2. The predicted octanol–water partition coefficient (Wildman–Crippen LogP) is 2.31. The summed E-state index contributed by atoms with van der Waals surface area (Å²) in [5, 5.41) is 0. The van der Waals surface area contributed by atoms with E-state index < -0.39 is 5.97 Å². The lowest BCUT2D eigenvalue weighted by Crippen LogP contribution is -2.40. The van der Waals surface area contributed by atoms with Crippen molar-refractivity contribution in [3.8, 4) is 5.75 Å². The summed E-state index contributed by atoms with van der Waals surface area (Å²) in [4.78, 5) is 14.1. The van der Waals surface area contributed by atoms with Crippen LogP contribution < -0.4 is 10.5 Å². The highest BCUT2D eigenvalue weighted by Gasteiger charge is 2.20. The van der Waals surface area contributed by atoms with E-state index >= 15 is 0 Å². The van der Waals surface area contributed by atoms with E-state index in [0.717, 1.165) is 13.0 Å². The van der Waals surface area contributed by atoms with E-state index in [-0.39, 0.29) is 0 Å². The summed E-state index contributed by atoms with van der Waals surface area (Å²) in [6.45, 7) is 3.84. The van der Waals surface area contributed by atoms with Gasteiger partial charge in [0.2, 0.25) is 0 Å². The van der Waals surface area contributed by atoms with Crippen molar-refractivity contribution < 1.29 is 14.3 Å². The van der Waals surface area contributed by atoms with E-state index in [9.17, 15) is 4.79 Å². The van der Waals surface area contributed by atoms with Gasteiger partial charge in [-0.2, -0.15) is 0 Å². The van der Waals surface area contributed by atoms with Gasteiger partial charge in [0.1, 0.15) is 12.4 Å². The van der Waals surface area contributed by atoms with Gasteiger partial charge in [-0.05, 0) is 51.6 Å². The third-order valence-electron chi connectivity index (χ3n) is 3.88. The van der Waals surface area contributed by atoms with Crippen LogP contribution in [0.4, 0.5) is 5.69 Å². The molecule has 1 aromatic carbocycles. The Morgan fingerprint density at radius 2 is 2.24 bits per heavy atom. The highest BCUT2D eigenvalue weighted by molar-refractivity contribution is 5.95. The van der Waals surface area contributed by atoms with E-state index in [0.29, 0.717) is 36.3 Å². The van der Waals surface area contributed by atoms with Gasteiger partial charge >= 0.3 is 5.97 Å². The maximum Gasteiger partial charge on any atom is 0.340 e. The van der Waals surface area contributed by atoms with Crippen molar-refractivity contribution in [2.75, 3.05) is 32.5 Å². The SMILES string of the molecule is CCOC(=O)c1cc(OCC2CCCCN2C)ccc1N. The second-order valence-corrected chi connectivity index (χ2v) is 5.41. The first-order valence-corrected chi connectivity index (χ1v) is 7.51. The molecule has 0 aromatic heterocycles. The van der Waals surface area contributed by atoms with Gasteiger partial charge in [-0.15, -0.1) is 0 Å². The molecule has 1 atom stereocenters. The minimum Gasteiger partial charge on any atom is -0.492 e. The van der Waals surface area contributed by atoms with Gasteiger partial charge in [-0.25, -0.2) is 4.79 Å². The molecule has 1 saturated heterocycles. The molecule has 1 aliphatic rings. The standard InChI is InChI=1S/C16H24N2O3/c1-3-20-16(19)14-10-13(7-8-15(14)17)21-11-12-6-4-5-9-18(12)2/h7-8,10,12H,3-6,9,11,17H2,1-2H3. The minimum atomic E-state index is -0.407. The maximum atomic E-state index is 11.8. The van der Waals surface area contributed by atoms with Crippen LogP contribution in [-0.4, -0.2) is 43.7 Å². The molecule has 5 nitrogen and oxygen atoms in total. The zero-order valence-electron chi connectivity index (χ0n) is 12.8. The summed E-state index contributed by atoms with van der Waals surface area (Å²) in [5.74, 6) is 0.251. The number of nitrogen functional groups attached to an aromatic ring is 1. The summed E-state index contributed by atoms with van der Waals surface area (Å²) in [5.41, 5.74) is 6.60. The Balaban J connectivity index is 2.00. The van der Waals surface area contributed by atoms with Crippen LogP contribution >= 0.6 is 0 Å². The number of benzene rings is 1. The van der Waals surface area contributed by atoms with Gasteiger partial charge in [0.15, 0.2) is 0 Å². The molecule has 0 spiro atoms. The van der Waals surface area contributed by atoms with Crippen LogP contribution in [0.2, 0.25) is 0 Å². The van der Waals surface area contributed by atoms with E-state index in [2.05, 4.69) is 11.9 Å². The average Bonchev–Trinajstić information content (AvgIpc) is 2.48. The van der Waals surface area contributed by atoms with E-state index in [4.69, 9.17) is 15.2 Å². The van der Waals surface area contributed by atoms with Gasteiger partial charge < -0.3 is 20.1 Å². The minimum absolute atomic E-state index is 0.330. The molecule has 0 aliphatic carbocycles. The molecule has 1 aliphatic heterocycles. The zero-order chi connectivity index (χ0) is 15.2. The number of nitrogens with zero attached hydrogens (tertiary/aromatic N) is 1. The monoisotopic (exact) mass is 292 g/mol. The van der Waals surface area contributed by atoms with Crippen molar-refractivity contribution >= 4 is 11.7 Å². The molecule has 1 aromatic rings. The third kappa shape index (κ3) is 4.11. The Bertz CT molecular complexity index is 490. The lowest BCUT2D eigenvalue weighted by Gasteiger charge is -2.32. The van der Waals surface area contributed by atoms with Crippen molar-refractivity contribution in [2.45, 2.75) is 32.2 Å². The molecular formula is C16H24N2O3. The first kappa shape index (κ1) is 15.6. The molecule has 1 unspecified atom stereocenters. The highest BCUT2D eigenvalue weighted by atomic mass is 16.5. The van der Waals surface area contributed by atoms with E-state index in [1.807, 2.05) is 0 Å². The summed E-state index contributed by atoms with van der Waals surface area (Å²) in [6, 6.07) is 5.57. The zero-order valence-corrected chi connectivity index (χ0v) is 12.8. The number of rotatable bonds is 5. The second kappa shape index (κ2) is 7.31. The Labute approximate surface area is 126 Å². The molecule has 1 fully saturated rings. The summed E-state index contributed by atoms with van der Waals surface area (Å²) in [7, 11) is 2.13. The summed E-state index contributed by atoms with van der Waals surface area (Å²) < 4.78 is 10.8. The van der Waals surface area contributed by atoms with Crippen molar-refractivity contribution in [3.05, 3.63) is 23.8 Å². The average molecular weight is 292 g/mol. The number of carbonyl (C=O) groups is 1. The van der Waals surface area contributed by atoms with Crippen molar-refractivity contribution in [3.63, 3.8) is 0 Å². The number of likely N-dealkylation sites (tertiary alicyclic amines) is 1. The molecule has 0 bridgehead atoms. The number of anilines is 1. The van der Waals surface area contributed by atoms with Gasteiger partial charge in [0.05, 0.1) is 12.2 Å². The second-order valence-electron chi connectivity index (χ2n) is 5.41. The van der Waals surface area contributed by atoms with Crippen molar-refractivity contribution in [2.24, 2.45) is 0 Å². The Kier molecular flexibility index (Phi) is 5.44. The highest BCUT2D eigenvalue weighted by Crippen LogP contribution is 2.22. The summed E-state index contributed by atoms with van der Waals surface area (Å²) in [6.07, 6.45) is 3.65. The molecule has 116 valence electrons. The number of likely N-dealkylation sites (N-methyl/N-ethyl adjacent to an activating group) is 1. The van der Waals surface area contributed by atoms with E-state index in [1.165, 1.54) is 12.8 Å². The third-order valence-corrected chi connectivity index (χ3v) is 3.88. The molecule has 1 heterocycles. The van der Waals surface area contributed by atoms with Crippen LogP contribution in [0.5, 0.6) is 5.75 Å². The van der Waals surface area contributed by atoms with E-state index in [1.54, 1.807) is 25.1 Å². The molecule has 21 heavy (non-hydrogen) atoms. The molecule has 0 amide bonds. The first-order chi connectivity index (χ1) is 10.1. The van der Waals surface area contributed by atoms with Crippen LogP contribution in [0.3, 0.4) is 0 Å². The van der Waals surface area contributed by atoms with Crippen molar-refractivity contribution in [1.82, 2.24) is 4.90 Å². The number of nitrogens with two attached hydrogens (primary N) is 1. The van der Waals surface area contributed by atoms with Crippen LogP contribution in [-0.2, 0) is 4.74 Å². The Hall–Kier alpha value is -1.75. The maximum absolute atomic E-state index is 11.8. The fraction of sp³-hybridized carbons (Fsp3) is 0.562. The number of esters is 1. The number of ether oxygens (including phenoxy) is 2. The lowest BCUT2D eigenvalue weighted by atomic mass is 10.0. The van der Waals surface area contributed by atoms with Crippen LogP contribution in [0, 0.1) is 0 Å². The molecule has 2 rings (SSSR count). The largest absolute Gasteiger partial charge is 0.492 e. The van der Waals surface area contributed by atoms with Crippen LogP contribution in [0.1, 0.15) is 36.5 Å². The summed E-state index contributed by atoms with van der Waals surface area (Å²) >= 11 is 0. The van der Waals surface area contributed by atoms with Gasteiger partial charge in [-0.1, -0.05) is 6.42 Å². The molecule has 5 heteroatoms. The Morgan fingerprint density at radius 3 is 2.95 bits per heavy atom. The fourth-order valence-electron chi connectivity index (χ4n) is 2.56. The number of piperidine rings is 1. The molecule has 2 N–H and O–H groups in total. The fourth-order valence-corrected chi connectivity index (χ4v) is 2.56. The number of hydrogen-bond donors (Lipinski definition) is 1. The first-order valence-electron chi connectivity index (χ1n) is 7.51.